The fourth-order valence-corrected chi connectivity index (χ4v) is 3.92. The van der Waals surface area contributed by atoms with Crippen molar-refractivity contribution in [2.24, 2.45) is 11.8 Å². The summed E-state index contributed by atoms with van der Waals surface area (Å²) < 4.78 is 0. The number of Topliss-reactive ketones (excluding diaryl/α,β-unsaturated/α-hetero) is 2. The van der Waals surface area contributed by atoms with E-state index in [4.69, 9.17) is 0 Å². The molecule has 0 amide bonds. The topological polar surface area (TPSA) is 94.8 Å². The lowest BCUT2D eigenvalue weighted by Crippen LogP contribution is -2.31. The SMILES string of the molecule is CCC(C)CC(C)/C=C(C)/C=C/C=C/C=C(\C)C(O)=C1C(=O)C(c2ccc(O)cc2)=CC(O)C1=O. The molecule has 5 nitrogen and oxygen atoms in total. The molecule has 0 radical (unpaired) electrons. The van der Waals surface area contributed by atoms with Gasteiger partial charge in [-0.05, 0) is 61.4 Å². The second kappa shape index (κ2) is 12.9. The molecule has 0 bridgehead atoms. The highest BCUT2D eigenvalue weighted by Gasteiger charge is 2.35. The van der Waals surface area contributed by atoms with Crippen molar-refractivity contribution in [2.75, 3.05) is 0 Å². The van der Waals surface area contributed by atoms with Crippen molar-refractivity contribution < 1.29 is 24.9 Å². The molecule has 0 aromatic heterocycles. The second-order valence-corrected chi connectivity index (χ2v) is 9.22. The molecule has 186 valence electrons. The molecular weight excluding hydrogens is 440 g/mol. The summed E-state index contributed by atoms with van der Waals surface area (Å²) in [5.41, 5.74) is 1.56. The summed E-state index contributed by atoms with van der Waals surface area (Å²) in [6, 6.07) is 5.83. The number of aliphatic hydroxyl groups is 2. The summed E-state index contributed by atoms with van der Waals surface area (Å²) in [4.78, 5) is 25.5. The number of allylic oxidation sites excluding steroid dienone is 9. The van der Waals surface area contributed by atoms with Gasteiger partial charge in [-0.15, -0.1) is 0 Å². The first-order valence-corrected chi connectivity index (χ1v) is 12.0. The first-order chi connectivity index (χ1) is 16.5. The van der Waals surface area contributed by atoms with Crippen LogP contribution >= 0.6 is 0 Å². The van der Waals surface area contributed by atoms with Crippen molar-refractivity contribution in [3.05, 3.63) is 94.8 Å². The zero-order chi connectivity index (χ0) is 26.1. The number of benzene rings is 1. The van der Waals surface area contributed by atoms with Crippen LogP contribution in [0, 0.1) is 11.8 Å². The van der Waals surface area contributed by atoms with Crippen LogP contribution in [0.25, 0.3) is 5.57 Å². The third-order valence-corrected chi connectivity index (χ3v) is 6.05. The molecule has 3 unspecified atom stereocenters. The van der Waals surface area contributed by atoms with Crippen LogP contribution in [0.2, 0.25) is 0 Å². The number of rotatable bonds is 9. The molecular formula is C30H36O5. The predicted octanol–water partition coefficient (Wildman–Crippen LogP) is 6.18. The van der Waals surface area contributed by atoms with E-state index in [0.717, 1.165) is 18.1 Å². The van der Waals surface area contributed by atoms with Crippen molar-refractivity contribution in [1.82, 2.24) is 0 Å². The molecule has 0 saturated carbocycles. The van der Waals surface area contributed by atoms with E-state index in [9.17, 15) is 24.9 Å². The maximum absolute atomic E-state index is 13.0. The van der Waals surface area contributed by atoms with Crippen molar-refractivity contribution in [3.8, 4) is 5.75 Å². The summed E-state index contributed by atoms with van der Waals surface area (Å²) in [5.74, 6) is -0.757. The monoisotopic (exact) mass is 476 g/mol. The van der Waals surface area contributed by atoms with E-state index in [1.807, 2.05) is 12.2 Å². The van der Waals surface area contributed by atoms with Crippen LogP contribution in [-0.4, -0.2) is 33.0 Å². The van der Waals surface area contributed by atoms with Crippen LogP contribution in [0.5, 0.6) is 5.75 Å². The Bertz CT molecular complexity index is 1110. The quantitative estimate of drug-likeness (QED) is 0.171. The number of carbonyl (C=O) groups is 2. The van der Waals surface area contributed by atoms with Gasteiger partial charge in [-0.3, -0.25) is 9.59 Å². The number of carbonyl (C=O) groups excluding carboxylic acids is 2. The maximum atomic E-state index is 13.0. The molecule has 0 fully saturated rings. The number of phenols is 1. The molecule has 3 atom stereocenters. The lowest BCUT2D eigenvalue weighted by Gasteiger charge is -2.19. The van der Waals surface area contributed by atoms with Gasteiger partial charge in [-0.25, -0.2) is 0 Å². The van der Waals surface area contributed by atoms with Gasteiger partial charge in [0.05, 0.1) is 0 Å². The zero-order valence-electron chi connectivity index (χ0n) is 21.2. The number of hydrogen-bond acceptors (Lipinski definition) is 5. The molecule has 1 aliphatic rings. The molecule has 3 N–H and O–H groups in total. The summed E-state index contributed by atoms with van der Waals surface area (Å²) in [7, 11) is 0. The predicted molar refractivity (Wildman–Crippen MR) is 141 cm³/mol. The minimum absolute atomic E-state index is 0.0266. The van der Waals surface area contributed by atoms with Gasteiger partial charge >= 0.3 is 0 Å². The van der Waals surface area contributed by atoms with Gasteiger partial charge in [-0.1, -0.05) is 81.4 Å². The van der Waals surface area contributed by atoms with Gasteiger partial charge in [0, 0.05) is 5.57 Å². The molecule has 1 aromatic rings. The average molecular weight is 477 g/mol. The summed E-state index contributed by atoms with van der Waals surface area (Å²) in [6.07, 6.45) is 13.2. The maximum Gasteiger partial charge on any atom is 0.202 e. The molecule has 0 heterocycles. The second-order valence-electron chi connectivity index (χ2n) is 9.22. The lowest BCUT2D eigenvalue weighted by atomic mass is 9.84. The van der Waals surface area contributed by atoms with Crippen LogP contribution in [0.3, 0.4) is 0 Å². The summed E-state index contributed by atoms with van der Waals surface area (Å²) >= 11 is 0. The minimum atomic E-state index is -1.54. The third kappa shape index (κ3) is 7.79. The van der Waals surface area contributed by atoms with E-state index in [2.05, 4.69) is 33.8 Å². The number of ketones is 2. The Morgan fingerprint density at radius 1 is 1.06 bits per heavy atom. The molecule has 1 aromatic carbocycles. The highest BCUT2D eigenvalue weighted by Crippen LogP contribution is 2.29. The highest BCUT2D eigenvalue weighted by molar-refractivity contribution is 6.42. The average Bonchev–Trinajstić information content (AvgIpc) is 2.81. The Morgan fingerprint density at radius 2 is 1.71 bits per heavy atom. The normalized spacial score (nSPS) is 21.0. The first-order valence-electron chi connectivity index (χ1n) is 12.0. The fourth-order valence-electron chi connectivity index (χ4n) is 3.92. The first kappa shape index (κ1) is 27.8. The van der Waals surface area contributed by atoms with Crippen molar-refractivity contribution in [2.45, 2.75) is 53.6 Å². The van der Waals surface area contributed by atoms with Crippen LogP contribution < -0.4 is 0 Å². The largest absolute Gasteiger partial charge is 0.508 e. The van der Waals surface area contributed by atoms with E-state index in [1.165, 1.54) is 30.7 Å². The molecule has 0 aliphatic heterocycles. The molecule has 35 heavy (non-hydrogen) atoms. The van der Waals surface area contributed by atoms with E-state index in [0.29, 0.717) is 23.0 Å². The van der Waals surface area contributed by atoms with Gasteiger partial charge in [0.25, 0.3) is 0 Å². The minimum Gasteiger partial charge on any atom is -0.508 e. The van der Waals surface area contributed by atoms with E-state index < -0.39 is 29.0 Å². The van der Waals surface area contributed by atoms with Crippen molar-refractivity contribution in [3.63, 3.8) is 0 Å². The highest BCUT2D eigenvalue weighted by atomic mass is 16.3. The van der Waals surface area contributed by atoms with Gasteiger partial charge < -0.3 is 15.3 Å². The van der Waals surface area contributed by atoms with Crippen LogP contribution in [0.15, 0.2) is 89.3 Å². The molecule has 5 heteroatoms. The van der Waals surface area contributed by atoms with Crippen LogP contribution in [-0.2, 0) is 9.59 Å². The molecule has 0 saturated heterocycles. The molecule has 2 rings (SSSR count). The number of aliphatic hydroxyl groups excluding tert-OH is 2. The Kier molecular flexibility index (Phi) is 10.2. The van der Waals surface area contributed by atoms with Gasteiger partial charge in [0.15, 0.2) is 0 Å². The van der Waals surface area contributed by atoms with Crippen molar-refractivity contribution >= 4 is 17.1 Å². The Morgan fingerprint density at radius 3 is 2.34 bits per heavy atom. The Labute approximate surface area is 208 Å². The van der Waals surface area contributed by atoms with E-state index in [1.54, 1.807) is 25.2 Å². The molecule has 1 aliphatic carbocycles. The zero-order valence-corrected chi connectivity index (χ0v) is 21.2. The van der Waals surface area contributed by atoms with Crippen LogP contribution in [0.4, 0.5) is 0 Å². The third-order valence-electron chi connectivity index (χ3n) is 6.05. The number of aromatic hydroxyl groups is 1. The van der Waals surface area contributed by atoms with Gasteiger partial charge in [-0.2, -0.15) is 0 Å². The number of phenolic OH excluding ortho intramolecular Hbond substituents is 1. The Balaban J connectivity index is 2.18. The smallest absolute Gasteiger partial charge is 0.202 e. The molecule has 0 spiro atoms. The lowest BCUT2D eigenvalue weighted by molar-refractivity contribution is -0.124. The van der Waals surface area contributed by atoms with Gasteiger partial charge in [0.2, 0.25) is 11.6 Å². The number of hydrogen-bond donors (Lipinski definition) is 3. The van der Waals surface area contributed by atoms with Gasteiger partial charge in [0.1, 0.15) is 23.2 Å². The summed E-state index contributed by atoms with van der Waals surface area (Å²) in [5, 5.41) is 30.3. The van der Waals surface area contributed by atoms with E-state index in [-0.39, 0.29) is 11.3 Å². The fraction of sp³-hybridized carbons (Fsp3) is 0.333. The van der Waals surface area contributed by atoms with Crippen LogP contribution in [0.1, 0.15) is 53.0 Å². The summed E-state index contributed by atoms with van der Waals surface area (Å²) in [6.45, 7) is 10.3. The standard InChI is InChI=1S/C30H36O5/c1-6-19(2)16-21(4)17-20(3)10-8-7-9-11-22(5)28(33)27-29(34)25(18-26(32)30(27)35)23-12-14-24(31)15-13-23/h7-15,17-19,21,26,31-33H,6,16H2,1-5H3/b9-7+,10-8+,20-17+,22-11+,28-27?. The van der Waals surface area contributed by atoms with Crippen molar-refractivity contribution in [1.29, 1.82) is 0 Å². The Hall–Kier alpha value is -3.44. The van der Waals surface area contributed by atoms with E-state index >= 15 is 0 Å².